The van der Waals surface area contributed by atoms with Crippen molar-refractivity contribution in [2.75, 3.05) is 13.1 Å². The van der Waals surface area contributed by atoms with E-state index in [1.807, 2.05) is 0 Å². The monoisotopic (exact) mass is 306 g/mol. The van der Waals surface area contributed by atoms with Crippen molar-refractivity contribution < 1.29 is 0 Å². The molecule has 2 heteroatoms. The fourth-order valence-electron chi connectivity index (χ4n) is 4.93. The lowest BCUT2D eigenvalue weighted by molar-refractivity contribution is 0.0363. The van der Waals surface area contributed by atoms with Crippen LogP contribution in [0, 0.1) is 17.8 Å². The van der Waals surface area contributed by atoms with E-state index in [4.69, 9.17) is 0 Å². The summed E-state index contributed by atoms with van der Waals surface area (Å²) in [6.45, 7) is 10.0. The average molecular weight is 307 g/mol. The predicted octanol–water partition coefficient (Wildman–Crippen LogP) is 4.44. The minimum Gasteiger partial charge on any atom is -0.310 e. The van der Waals surface area contributed by atoms with E-state index in [9.17, 15) is 0 Å². The van der Waals surface area contributed by atoms with E-state index >= 15 is 0 Å². The zero-order valence-electron chi connectivity index (χ0n) is 15.2. The third-order valence-electron chi connectivity index (χ3n) is 6.94. The number of nitrogens with zero attached hydrogens (tertiary/aromatic N) is 1. The first kappa shape index (κ1) is 16.8. The maximum absolute atomic E-state index is 4.06. The van der Waals surface area contributed by atoms with Gasteiger partial charge < -0.3 is 5.32 Å². The summed E-state index contributed by atoms with van der Waals surface area (Å²) in [7, 11) is 0. The van der Waals surface area contributed by atoms with Crippen molar-refractivity contribution in [2.45, 2.75) is 96.7 Å². The van der Waals surface area contributed by atoms with Gasteiger partial charge in [-0.1, -0.05) is 39.5 Å². The molecule has 2 saturated carbocycles. The van der Waals surface area contributed by atoms with Crippen LogP contribution in [0.2, 0.25) is 0 Å². The minimum atomic E-state index is 0.742. The molecule has 3 atom stereocenters. The lowest BCUT2D eigenvalue weighted by atomic mass is 9.77. The molecule has 2 aliphatic carbocycles. The fourth-order valence-corrected chi connectivity index (χ4v) is 4.93. The van der Waals surface area contributed by atoms with Gasteiger partial charge in [-0.3, -0.25) is 4.90 Å². The molecule has 0 aromatic rings. The summed E-state index contributed by atoms with van der Waals surface area (Å²) in [5.74, 6) is 2.70. The maximum atomic E-state index is 4.06. The van der Waals surface area contributed by atoms with Crippen LogP contribution in [-0.4, -0.2) is 36.1 Å². The van der Waals surface area contributed by atoms with Crippen LogP contribution in [0.3, 0.4) is 0 Å². The van der Waals surface area contributed by atoms with Crippen molar-refractivity contribution in [1.29, 1.82) is 0 Å². The van der Waals surface area contributed by atoms with Gasteiger partial charge in [-0.2, -0.15) is 0 Å². The van der Waals surface area contributed by atoms with Gasteiger partial charge in [0.25, 0.3) is 0 Å². The molecule has 1 N–H and O–H groups in total. The molecule has 3 rings (SSSR count). The molecular formula is C20H38N2. The summed E-state index contributed by atoms with van der Waals surface area (Å²) in [6, 6.07) is 2.36. The Labute approximate surface area is 138 Å². The van der Waals surface area contributed by atoms with Crippen molar-refractivity contribution in [2.24, 2.45) is 17.8 Å². The smallest absolute Gasteiger partial charge is 0.0200 e. The molecule has 128 valence electrons. The highest BCUT2D eigenvalue weighted by molar-refractivity contribution is 4.92. The topological polar surface area (TPSA) is 15.3 Å². The van der Waals surface area contributed by atoms with Crippen LogP contribution in [0.25, 0.3) is 0 Å². The first-order valence-corrected chi connectivity index (χ1v) is 10.1. The minimum absolute atomic E-state index is 0.742. The standard InChI is InChI=1S/C20H38N2/c1-15(2)18-12-20(21-19-10-5-4-6-11-19)14-22(13-18)16(3)17-8-7-9-17/h15-21H,4-14H2,1-3H3. The van der Waals surface area contributed by atoms with Crippen LogP contribution in [0.4, 0.5) is 0 Å². The van der Waals surface area contributed by atoms with Gasteiger partial charge >= 0.3 is 0 Å². The molecule has 3 unspecified atom stereocenters. The summed E-state index contributed by atoms with van der Waals surface area (Å²) in [6.07, 6.45) is 13.0. The third-order valence-corrected chi connectivity index (χ3v) is 6.94. The molecule has 1 heterocycles. The van der Waals surface area contributed by atoms with Gasteiger partial charge in [0.1, 0.15) is 0 Å². The van der Waals surface area contributed by atoms with Gasteiger partial charge in [0, 0.05) is 31.2 Å². The van der Waals surface area contributed by atoms with Crippen LogP contribution in [0.15, 0.2) is 0 Å². The summed E-state index contributed by atoms with van der Waals surface area (Å²) >= 11 is 0. The molecule has 3 aliphatic rings. The second-order valence-electron chi connectivity index (χ2n) is 8.82. The molecule has 0 amide bonds. The van der Waals surface area contributed by atoms with Gasteiger partial charge in [0.2, 0.25) is 0 Å². The van der Waals surface area contributed by atoms with E-state index in [-0.39, 0.29) is 0 Å². The van der Waals surface area contributed by atoms with Crippen LogP contribution < -0.4 is 5.32 Å². The molecule has 0 spiro atoms. The van der Waals surface area contributed by atoms with Gasteiger partial charge in [-0.15, -0.1) is 0 Å². The summed E-state index contributed by atoms with van der Waals surface area (Å²) in [5, 5.41) is 4.06. The third kappa shape index (κ3) is 4.06. The number of hydrogen-bond donors (Lipinski definition) is 1. The maximum Gasteiger partial charge on any atom is 0.0200 e. The normalized spacial score (nSPS) is 33.8. The molecule has 0 aromatic heterocycles. The van der Waals surface area contributed by atoms with E-state index in [1.165, 1.54) is 70.9 Å². The van der Waals surface area contributed by atoms with Crippen LogP contribution >= 0.6 is 0 Å². The lowest BCUT2D eigenvalue weighted by Gasteiger charge is -2.47. The quantitative estimate of drug-likeness (QED) is 0.807. The Hall–Kier alpha value is -0.0800. The molecule has 22 heavy (non-hydrogen) atoms. The second-order valence-corrected chi connectivity index (χ2v) is 8.82. The Morgan fingerprint density at radius 3 is 2.09 bits per heavy atom. The van der Waals surface area contributed by atoms with Crippen molar-refractivity contribution >= 4 is 0 Å². The van der Waals surface area contributed by atoms with E-state index in [2.05, 4.69) is 31.0 Å². The van der Waals surface area contributed by atoms with E-state index in [0.29, 0.717) is 0 Å². The molecule has 2 nitrogen and oxygen atoms in total. The Balaban J connectivity index is 1.58. The van der Waals surface area contributed by atoms with Gasteiger partial charge in [-0.05, 0) is 56.8 Å². The van der Waals surface area contributed by atoms with Gasteiger partial charge in [0.05, 0.1) is 0 Å². The summed E-state index contributed by atoms with van der Waals surface area (Å²) in [5.41, 5.74) is 0. The number of rotatable bonds is 5. The zero-order chi connectivity index (χ0) is 15.5. The zero-order valence-corrected chi connectivity index (χ0v) is 15.2. The van der Waals surface area contributed by atoms with E-state index < -0.39 is 0 Å². The van der Waals surface area contributed by atoms with Crippen molar-refractivity contribution in [3.8, 4) is 0 Å². The molecule has 1 saturated heterocycles. The molecule has 1 aliphatic heterocycles. The molecular weight excluding hydrogens is 268 g/mol. The van der Waals surface area contributed by atoms with Gasteiger partial charge in [0.15, 0.2) is 0 Å². The van der Waals surface area contributed by atoms with E-state index in [0.717, 1.165) is 35.9 Å². The Morgan fingerprint density at radius 2 is 1.50 bits per heavy atom. The molecule has 3 fully saturated rings. The summed E-state index contributed by atoms with van der Waals surface area (Å²) in [4.78, 5) is 2.85. The summed E-state index contributed by atoms with van der Waals surface area (Å²) < 4.78 is 0. The van der Waals surface area contributed by atoms with Crippen molar-refractivity contribution in [1.82, 2.24) is 10.2 Å². The van der Waals surface area contributed by atoms with Gasteiger partial charge in [-0.25, -0.2) is 0 Å². The molecule has 0 aromatic carbocycles. The molecule has 0 radical (unpaired) electrons. The Kier molecular flexibility index (Phi) is 5.84. The SMILES string of the molecule is CC(C)C1CC(NC2CCCCC2)CN(C(C)C2CCC2)C1. The van der Waals surface area contributed by atoms with E-state index in [1.54, 1.807) is 0 Å². The Bertz CT molecular complexity index is 331. The molecule has 0 bridgehead atoms. The average Bonchev–Trinajstić information content (AvgIpc) is 2.46. The number of hydrogen-bond acceptors (Lipinski definition) is 2. The second kappa shape index (κ2) is 7.66. The number of likely N-dealkylation sites (tertiary alicyclic amines) is 1. The largest absolute Gasteiger partial charge is 0.310 e. The van der Waals surface area contributed by atoms with Crippen LogP contribution in [0.1, 0.15) is 78.6 Å². The highest BCUT2D eigenvalue weighted by Gasteiger charge is 2.36. The first-order valence-electron chi connectivity index (χ1n) is 10.1. The number of nitrogens with one attached hydrogen (secondary N) is 1. The Morgan fingerprint density at radius 1 is 0.773 bits per heavy atom. The lowest BCUT2D eigenvalue weighted by Crippen LogP contribution is -2.56. The van der Waals surface area contributed by atoms with Crippen molar-refractivity contribution in [3.63, 3.8) is 0 Å². The van der Waals surface area contributed by atoms with Crippen molar-refractivity contribution in [3.05, 3.63) is 0 Å². The fraction of sp³-hybridized carbons (Fsp3) is 1.00. The highest BCUT2D eigenvalue weighted by atomic mass is 15.2. The first-order chi connectivity index (χ1) is 10.6. The van der Waals surface area contributed by atoms with Crippen LogP contribution in [-0.2, 0) is 0 Å². The predicted molar refractivity (Wildman–Crippen MR) is 95.1 cm³/mol. The number of piperidine rings is 1. The van der Waals surface area contributed by atoms with Crippen LogP contribution in [0.5, 0.6) is 0 Å². The highest BCUT2D eigenvalue weighted by Crippen LogP contribution is 2.35.